The van der Waals surface area contributed by atoms with Crippen molar-refractivity contribution in [3.8, 4) is 28.1 Å². The average molecular weight is 348 g/mol. The van der Waals surface area contributed by atoms with E-state index in [1.165, 1.54) is 0 Å². The topological polar surface area (TPSA) is 46.0 Å². The highest BCUT2D eigenvalue weighted by Crippen LogP contribution is 2.34. The number of benzene rings is 3. The summed E-state index contributed by atoms with van der Waals surface area (Å²) < 4.78 is 0. The Labute approximate surface area is 156 Å². The van der Waals surface area contributed by atoms with Gasteiger partial charge in [0.1, 0.15) is 5.75 Å². The molecule has 2 heterocycles. The third-order valence-electron chi connectivity index (χ3n) is 4.81. The molecule has 0 saturated carbocycles. The summed E-state index contributed by atoms with van der Waals surface area (Å²) in [4.78, 5) is 9.35. The average Bonchev–Trinajstić information content (AvgIpc) is 2.74. The molecule has 0 fully saturated rings. The molecule has 3 nitrogen and oxygen atoms in total. The number of phenols is 1. The number of pyridine rings is 2. The third-order valence-corrected chi connectivity index (χ3v) is 4.81. The van der Waals surface area contributed by atoms with Crippen molar-refractivity contribution in [1.29, 1.82) is 0 Å². The Morgan fingerprint density at radius 3 is 2.26 bits per heavy atom. The Bertz CT molecular complexity index is 1280. The van der Waals surface area contributed by atoms with Crippen molar-refractivity contribution < 1.29 is 5.11 Å². The predicted octanol–water partition coefficient (Wildman–Crippen LogP) is 5.82. The maximum absolute atomic E-state index is 10.5. The summed E-state index contributed by atoms with van der Waals surface area (Å²) in [5.41, 5.74) is 5.31. The highest BCUT2D eigenvalue weighted by atomic mass is 16.3. The van der Waals surface area contributed by atoms with E-state index in [-0.39, 0.29) is 5.75 Å². The highest BCUT2D eigenvalue weighted by molar-refractivity contribution is 6.03. The van der Waals surface area contributed by atoms with Gasteiger partial charge in [-0.2, -0.15) is 0 Å². The van der Waals surface area contributed by atoms with Crippen LogP contribution in [0.2, 0.25) is 0 Å². The zero-order chi connectivity index (χ0) is 18.2. The summed E-state index contributed by atoms with van der Waals surface area (Å²) in [7, 11) is 0. The first kappa shape index (κ1) is 15.5. The van der Waals surface area contributed by atoms with E-state index in [1.807, 2.05) is 54.6 Å². The molecule has 0 aliphatic heterocycles. The van der Waals surface area contributed by atoms with Gasteiger partial charge < -0.3 is 5.11 Å². The minimum Gasteiger partial charge on any atom is -0.507 e. The first-order valence-electron chi connectivity index (χ1n) is 8.83. The van der Waals surface area contributed by atoms with E-state index >= 15 is 0 Å². The maximum atomic E-state index is 10.5. The SMILES string of the molecule is Oc1ccc(-c2ccccc2)cc1-c1ccc2ccc3cccnc3c2n1. The van der Waals surface area contributed by atoms with Crippen molar-refractivity contribution in [2.45, 2.75) is 0 Å². The Kier molecular flexibility index (Phi) is 3.58. The second-order valence-corrected chi connectivity index (χ2v) is 6.51. The minimum atomic E-state index is 0.217. The number of hydrogen-bond acceptors (Lipinski definition) is 3. The molecular weight excluding hydrogens is 332 g/mol. The Hall–Kier alpha value is -3.72. The normalized spacial score (nSPS) is 11.1. The molecule has 0 bridgehead atoms. The van der Waals surface area contributed by atoms with Crippen LogP contribution in [0.3, 0.4) is 0 Å². The van der Waals surface area contributed by atoms with Crippen LogP contribution in [0.15, 0.2) is 91.1 Å². The van der Waals surface area contributed by atoms with Crippen LogP contribution in [-0.4, -0.2) is 15.1 Å². The number of fused-ring (bicyclic) bond motifs is 3. The number of nitrogens with zero attached hydrogens (tertiary/aromatic N) is 2. The van der Waals surface area contributed by atoms with Crippen LogP contribution in [0, 0.1) is 0 Å². The molecule has 0 amide bonds. The first-order valence-corrected chi connectivity index (χ1v) is 8.83. The van der Waals surface area contributed by atoms with Crippen LogP contribution in [-0.2, 0) is 0 Å². The second-order valence-electron chi connectivity index (χ2n) is 6.51. The molecule has 5 aromatic rings. The number of phenolic OH excluding ortho intramolecular Hbond substituents is 1. The molecule has 3 aromatic carbocycles. The molecule has 0 radical (unpaired) electrons. The van der Waals surface area contributed by atoms with Gasteiger partial charge in [0.25, 0.3) is 0 Å². The summed E-state index contributed by atoms with van der Waals surface area (Å²) in [6.45, 7) is 0. The van der Waals surface area contributed by atoms with Crippen LogP contribution in [0.25, 0.3) is 44.2 Å². The Morgan fingerprint density at radius 1 is 0.630 bits per heavy atom. The Morgan fingerprint density at radius 2 is 1.41 bits per heavy atom. The summed E-state index contributed by atoms with van der Waals surface area (Å²) in [5, 5.41) is 12.5. The predicted molar refractivity (Wildman–Crippen MR) is 110 cm³/mol. The van der Waals surface area contributed by atoms with Gasteiger partial charge in [-0.05, 0) is 35.4 Å². The molecule has 2 aromatic heterocycles. The van der Waals surface area contributed by atoms with Gasteiger partial charge in [0.2, 0.25) is 0 Å². The van der Waals surface area contributed by atoms with Crippen molar-refractivity contribution in [2.75, 3.05) is 0 Å². The van der Waals surface area contributed by atoms with E-state index in [9.17, 15) is 5.11 Å². The Balaban J connectivity index is 1.72. The van der Waals surface area contributed by atoms with Gasteiger partial charge in [0.05, 0.1) is 16.7 Å². The highest BCUT2D eigenvalue weighted by Gasteiger charge is 2.11. The molecule has 0 saturated heterocycles. The zero-order valence-electron chi connectivity index (χ0n) is 14.5. The summed E-state index contributed by atoms with van der Waals surface area (Å²) in [6.07, 6.45) is 1.78. The minimum absolute atomic E-state index is 0.217. The van der Waals surface area contributed by atoms with Crippen molar-refractivity contribution >= 4 is 21.8 Å². The largest absolute Gasteiger partial charge is 0.507 e. The van der Waals surface area contributed by atoms with Crippen molar-refractivity contribution in [2.24, 2.45) is 0 Å². The fraction of sp³-hybridized carbons (Fsp3) is 0. The first-order chi connectivity index (χ1) is 13.3. The molecular formula is C24H16N2O. The van der Waals surface area contributed by atoms with Gasteiger partial charge in [0.15, 0.2) is 0 Å². The molecule has 1 N–H and O–H groups in total. The van der Waals surface area contributed by atoms with E-state index in [2.05, 4.69) is 29.2 Å². The number of aromatic hydroxyl groups is 1. The number of rotatable bonds is 2. The fourth-order valence-electron chi connectivity index (χ4n) is 3.43. The van der Waals surface area contributed by atoms with Gasteiger partial charge in [0, 0.05) is 22.5 Å². The molecule has 0 spiro atoms. The van der Waals surface area contributed by atoms with E-state index in [1.54, 1.807) is 12.3 Å². The number of aromatic nitrogens is 2. The van der Waals surface area contributed by atoms with Gasteiger partial charge >= 0.3 is 0 Å². The van der Waals surface area contributed by atoms with Crippen LogP contribution in [0.4, 0.5) is 0 Å². The molecule has 128 valence electrons. The molecule has 27 heavy (non-hydrogen) atoms. The number of hydrogen-bond donors (Lipinski definition) is 1. The molecule has 0 aliphatic carbocycles. The standard InChI is InChI=1S/C24H16N2O/c27-22-13-11-19(16-5-2-1-3-6-16)15-20(22)21-12-10-18-9-8-17-7-4-14-25-23(17)24(18)26-21/h1-15,27H. The van der Waals surface area contributed by atoms with E-state index in [0.29, 0.717) is 5.56 Å². The monoisotopic (exact) mass is 348 g/mol. The lowest BCUT2D eigenvalue weighted by atomic mass is 10.00. The lowest BCUT2D eigenvalue weighted by Gasteiger charge is -2.10. The fourth-order valence-corrected chi connectivity index (χ4v) is 3.43. The lowest BCUT2D eigenvalue weighted by molar-refractivity contribution is 0.477. The van der Waals surface area contributed by atoms with Gasteiger partial charge in [-0.25, -0.2) is 4.98 Å². The molecule has 5 rings (SSSR count). The molecule has 0 atom stereocenters. The quantitative estimate of drug-likeness (QED) is 0.409. The maximum Gasteiger partial charge on any atom is 0.125 e. The van der Waals surface area contributed by atoms with Crippen molar-refractivity contribution in [1.82, 2.24) is 9.97 Å². The molecule has 0 unspecified atom stereocenters. The van der Waals surface area contributed by atoms with Crippen LogP contribution in [0.1, 0.15) is 0 Å². The van der Waals surface area contributed by atoms with Gasteiger partial charge in [-0.1, -0.05) is 60.7 Å². The second kappa shape index (κ2) is 6.22. The van der Waals surface area contributed by atoms with Crippen LogP contribution < -0.4 is 0 Å². The van der Waals surface area contributed by atoms with E-state index in [0.717, 1.165) is 38.6 Å². The van der Waals surface area contributed by atoms with Crippen LogP contribution in [0.5, 0.6) is 5.75 Å². The summed E-state index contributed by atoms with van der Waals surface area (Å²) in [6, 6.07) is 27.8. The third kappa shape index (κ3) is 2.70. The van der Waals surface area contributed by atoms with Crippen molar-refractivity contribution in [3.05, 3.63) is 91.1 Å². The van der Waals surface area contributed by atoms with Crippen molar-refractivity contribution in [3.63, 3.8) is 0 Å². The van der Waals surface area contributed by atoms with Crippen LogP contribution >= 0.6 is 0 Å². The molecule has 3 heteroatoms. The summed E-state index contributed by atoms with van der Waals surface area (Å²) in [5.74, 6) is 0.217. The van der Waals surface area contributed by atoms with Gasteiger partial charge in [-0.3, -0.25) is 4.98 Å². The lowest BCUT2D eigenvalue weighted by Crippen LogP contribution is -1.90. The zero-order valence-corrected chi connectivity index (χ0v) is 14.5. The molecule has 0 aliphatic rings. The van der Waals surface area contributed by atoms with E-state index < -0.39 is 0 Å². The summed E-state index contributed by atoms with van der Waals surface area (Å²) >= 11 is 0. The smallest absolute Gasteiger partial charge is 0.125 e. The van der Waals surface area contributed by atoms with E-state index in [4.69, 9.17) is 4.98 Å². The van der Waals surface area contributed by atoms with Gasteiger partial charge in [-0.15, -0.1) is 0 Å².